The van der Waals surface area contributed by atoms with E-state index in [9.17, 15) is 4.79 Å². The molecule has 0 spiro atoms. The van der Waals surface area contributed by atoms with E-state index < -0.39 is 0 Å². The molecule has 2 aromatic carbocycles. The summed E-state index contributed by atoms with van der Waals surface area (Å²) >= 11 is 1.75. The van der Waals surface area contributed by atoms with Crippen molar-refractivity contribution in [3.05, 3.63) is 65.2 Å². The molecule has 142 valence electrons. The smallest absolute Gasteiger partial charge is 0.222 e. The molecule has 1 amide bonds. The van der Waals surface area contributed by atoms with Gasteiger partial charge in [0.05, 0.1) is 15.2 Å². The minimum absolute atomic E-state index is 0.219. The van der Waals surface area contributed by atoms with Gasteiger partial charge in [-0.25, -0.2) is 4.98 Å². The van der Waals surface area contributed by atoms with Crippen LogP contribution in [-0.2, 0) is 17.8 Å². The summed E-state index contributed by atoms with van der Waals surface area (Å²) in [5, 5.41) is 1.16. The normalized spacial score (nSPS) is 11.0. The summed E-state index contributed by atoms with van der Waals surface area (Å²) in [6.07, 6.45) is 4.24. The van der Waals surface area contributed by atoms with Crippen LogP contribution in [0.2, 0.25) is 0 Å². The first-order chi connectivity index (χ1) is 13.3. The lowest BCUT2D eigenvalue weighted by Crippen LogP contribution is -2.32. The Labute approximate surface area is 165 Å². The molecule has 3 rings (SSSR count). The summed E-state index contributed by atoms with van der Waals surface area (Å²) in [5.74, 6) is 0.219. The highest BCUT2D eigenvalue weighted by molar-refractivity contribution is 7.18. The molecular weight excluding hydrogens is 354 g/mol. The van der Waals surface area contributed by atoms with Crippen molar-refractivity contribution in [3.8, 4) is 0 Å². The Hall–Kier alpha value is -2.24. The summed E-state index contributed by atoms with van der Waals surface area (Å²) < 4.78 is 1.24. The molecule has 1 aromatic heterocycles. The molecule has 5 heteroatoms. The van der Waals surface area contributed by atoms with Gasteiger partial charge in [0.2, 0.25) is 5.91 Å². The fourth-order valence-corrected chi connectivity index (χ4v) is 4.12. The number of carbonyl (C=O) groups excluding carboxylic acids is 1. The number of para-hydroxylation sites is 1. The maximum Gasteiger partial charge on any atom is 0.222 e. The van der Waals surface area contributed by atoms with E-state index in [4.69, 9.17) is 5.73 Å². The van der Waals surface area contributed by atoms with E-state index in [1.165, 1.54) is 4.70 Å². The van der Waals surface area contributed by atoms with Crippen molar-refractivity contribution in [2.45, 2.75) is 38.6 Å². The molecular formula is C22H27N3OS. The summed E-state index contributed by atoms with van der Waals surface area (Å²) in [6.45, 7) is 2.00. The van der Waals surface area contributed by atoms with Crippen molar-refractivity contribution in [1.82, 2.24) is 9.88 Å². The topological polar surface area (TPSA) is 59.2 Å². The Morgan fingerprint density at radius 1 is 1.00 bits per heavy atom. The number of hydrogen-bond donors (Lipinski definition) is 1. The van der Waals surface area contributed by atoms with E-state index in [0.717, 1.165) is 48.3 Å². The quantitative estimate of drug-likeness (QED) is 0.530. The van der Waals surface area contributed by atoms with Gasteiger partial charge in [-0.05, 0) is 49.9 Å². The Bertz CT molecular complexity index is 814. The summed E-state index contributed by atoms with van der Waals surface area (Å²) in [7, 11) is 0. The van der Waals surface area contributed by atoms with E-state index >= 15 is 0 Å². The lowest BCUT2D eigenvalue weighted by atomic mass is 10.1. The second kappa shape index (κ2) is 10.2. The molecule has 0 saturated carbocycles. The predicted octanol–water partition coefficient (Wildman–Crippen LogP) is 4.39. The lowest BCUT2D eigenvalue weighted by molar-refractivity contribution is -0.132. The molecule has 2 N–H and O–H groups in total. The van der Waals surface area contributed by atoms with Gasteiger partial charge < -0.3 is 10.6 Å². The van der Waals surface area contributed by atoms with E-state index in [2.05, 4.69) is 29.2 Å². The Kier molecular flexibility index (Phi) is 7.36. The number of nitrogens with two attached hydrogens (primary N) is 1. The number of carbonyl (C=O) groups is 1. The number of fused-ring (bicyclic) bond motifs is 1. The highest BCUT2D eigenvalue weighted by atomic mass is 32.1. The molecule has 1 heterocycles. The maximum atomic E-state index is 12.7. The van der Waals surface area contributed by atoms with Gasteiger partial charge in [-0.15, -0.1) is 11.3 Å². The third-order valence-electron chi connectivity index (χ3n) is 4.57. The van der Waals surface area contributed by atoms with Crippen molar-refractivity contribution in [1.29, 1.82) is 0 Å². The SMILES string of the molecule is NCCCN(Cc1ccccc1)C(=O)CCCCc1nc2ccccc2s1. The van der Waals surface area contributed by atoms with Crippen LogP contribution in [0.5, 0.6) is 0 Å². The average Bonchev–Trinajstić information content (AvgIpc) is 3.12. The third kappa shape index (κ3) is 5.88. The van der Waals surface area contributed by atoms with Gasteiger partial charge in [0, 0.05) is 19.5 Å². The number of hydrogen-bond acceptors (Lipinski definition) is 4. The van der Waals surface area contributed by atoms with Gasteiger partial charge in [0.1, 0.15) is 0 Å². The van der Waals surface area contributed by atoms with Crippen molar-refractivity contribution < 1.29 is 4.79 Å². The summed E-state index contributed by atoms with van der Waals surface area (Å²) in [4.78, 5) is 19.3. The Morgan fingerprint density at radius 2 is 1.78 bits per heavy atom. The van der Waals surface area contributed by atoms with E-state index in [1.807, 2.05) is 35.2 Å². The standard InChI is InChI=1S/C22H27N3OS/c23-15-8-16-25(17-18-9-2-1-3-10-18)22(26)14-7-6-13-21-24-19-11-4-5-12-20(19)27-21/h1-5,9-12H,6-8,13-17,23H2. The van der Waals surface area contributed by atoms with Crippen LogP contribution in [0.1, 0.15) is 36.3 Å². The molecule has 0 aliphatic heterocycles. The van der Waals surface area contributed by atoms with Gasteiger partial charge in [-0.1, -0.05) is 42.5 Å². The Balaban J connectivity index is 1.47. The average molecular weight is 382 g/mol. The highest BCUT2D eigenvalue weighted by Crippen LogP contribution is 2.23. The first-order valence-electron chi connectivity index (χ1n) is 9.62. The molecule has 0 radical (unpaired) electrons. The van der Waals surface area contributed by atoms with Crippen molar-refractivity contribution in [3.63, 3.8) is 0 Å². The van der Waals surface area contributed by atoms with Crippen molar-refractivity contribution in [2.75, 3.05) is 13.1 Å². The predicted molar refractivity (Wildman–Crippen MR) is 113 cm³/mol. The van der Waals surface area contributed by atoms with Crippen LogP contribution in [0, 0.1) is 0 Å². The number of aromatic nitrogens is 1. The highest BCUT2D eigenvalue weighted by Gasteiger charge is 2.13. The second-order valence-corrected chi connectivity index (χ2v) is 7.84. The van der Waals surface area contributed by atoms with Crippen LogP contribution in [0.15, 0.2) is 54.6 Å². The minimum Gasteiger partial charge on any atom is -0.338 e. The van der Waals surface area contributed by atoms with Gasteiger partial charge in [0.15, 0.2) is 0 Å². The van der Waals surface area contributed by atoms with Crippen LogP contribution in [0.4, 0.5) is 0 Å². The number of aryl methyl sites for hydroxylation is 1. The van der Waals surface area contributed by atoms with Crippen LogP contribution in [0.25, 0.3) is 10.2 Å². The zero-order valence-corrected chi connectivity index (χ0v) is 16.5. The van der Waals surface area contributed by atoms with Crippen LogP contribution in [0.3, 0.4) is 0 Å². The van der Waals surface area contributed by atoms with Gasteiger partial charge in [-0.2, -0.15) is 0 Å². The second-order valence-electron chi connectivity index (χ2n) is 6.73. The van der Waals surface area contributed by atoms with Gasteiger partial charge >= 0.3 is 0 Å². The number of thiazole rings is 1. The van der Waals surface area contributed by atoms with Crippen LogP contribution < -0.4 is 5.73 Å². The van der Waals surface area contributed by atoms with E-state index in [1.54, 1.807) is 11.3 Å². The molecule has 0 atom stereocenters. The van der Waals surface area contributed by atoms with Crippen LogP contribution in [-0.4, -0.2) is 28.9 Å². The number of rotatable bonds is 10. The molecule has 0 unspecified atom stereocenters. The first-order valence-corrected chi connectivity index (χ1v) is 10.4. The molecule has 0 saturated heterocycles. The zero-order valence-electron chi connectivity index (χ0n) is 15.6. The molecule has 0 fully saturated rings. The maximum absolute atomic E-state index is 12.7. The fraction of sp³-hybridized carbons (Fsp3) is 0.364. The van der Waals surface area contributed by atoms with Crippen molar-refractivity contribution in [2.24, 2.45) is 5.73 Å². The number of amides is 1. The number of unbranched alkanes of at least 4 members (excludes halogenated alkanes) is 1. The van der Waals surface area contributed by atoms with Crippen molar-refractivity contribution >= 4 is 27.5 Å². The number of benzene rings is 2. The largest absolute Gasteiger partial charge is 0.338 e. The molecule has 27 heavy (non-hydrogen) atoms. The first kappa shape index (κ1) is 19.5. The summed E-state index contributed by atoms with van der Waals surface area (Å²) in [5.41, 5.74) is 7.88. The van der Waals surface area contributed by atoms with Crippen LogP contribution >= 0.6 is 11.3 Å². The van der Waals surface area contributed by atoms with E-state index in [-0.39, 0.29) is 5.91 Å². The Morgan fingerprint density at radius 3 is 2.56 bits per heavy atom. The van der Waals surface area contributed by atoms with Gasteiger partial charge in [-0.3, -0.25) is 4.79 Å². The molecule has 3 aromatic rings. The zero-order chi connectivity index (χ0) is 18.9. The third-order valence-corrected chi connectivity index (χ3v) is 5.67. The van der Waals surface area contributed by atoms with E-state index in [0.29, 0.717) is 19.5 Å². The molecule has 0 aliphatic rings. The minimum atomic E-state index is 0.219. The monoisotopic (exact) mass is 381 g/mol. The fourth-order valence-electron chi connectivity index (χ4n) is 3.12. The molecule has 0 aliphatic carbocycles. The summed E-state index contributed by atoms with van der Waals surface area (Å²) in [6, 6.07) is 18.4. The molecule has 0 bridgehead atoms. The lowest BCUT2D eigenvalue weighted by Gasteiger charge is -2.22. The number of nitrogens with zero attached hydrogens (tertiary/aromatic N) is 2. The van der Waals surface area contributed by atoms with Gasteiger partial charge in [0.25, 0.3) is 0 Å². The molecule has 4 nitrogen and oxygen atoms in total.